The molecule has 1 aliphatic rings. The summed E-state index contributed by atoms with van der Waals surface area (Å²) in [5.74, 6) is 3.46. The van der Waals surface area contributed by atoms with Crippen LogP contribution < -0.4 is 0 Å². The first-order chi connectivity index (χ1) is 9.99. The van der Waals surface area contributed by atoms with Gasteiger partial charge in [0.25, 0.3) is 0 Å². The van der Waals surface area contributed by atoms with Crippen LogP contribution in [0.25, 0.3) is 0 Å². The van der Waals surface area contributed by atoms with Crippen molar-refractivity contribution in [1.29, 1.82) is 0 Å². The van der Waals surface area contributed by atoms with E-state index < -0.39 is 0 Å². The van der Waals surface area contributed by atoms with Crippen LogP contribution in [0, 0.1) is 0 Å². The van der Waals surface area contributed by atoms with E-state index >= 15 is 0 Å². The molecule has 1 heterocycles. The molecule has 0 nitrogen and oxygen atoms in total. The van der Waals surface area contributed by atoms with Crippen LogP contribution in [0.5, 0.6) is 0 Å². The number of rotatable bonds is 7. The summed E-state index contributed by atoms with van der Waals surface area (Å²) >= 11 is 15.9. The van der Waals surface area contributed by atoms with Crippen LogP contribution in [-0.2, 0) is 0 Å². The zero-order chi connectivity index (χ0) is 15.8. The second-order valence-corrected chi connectivity index (χ2v) is 11.8. The van der Waals surface area contributed by atoms with Gasteiger partial charge in [0, 0.05) is 22.2 Å². The Morgan fingerprint density at radius 2 is 1.71 bits per heavy atom. The second kappa shape index (κ2) is 11.3. The number of thiol groups is 1. The van der Waals surface area contributed by atoms with Crippen LogP contribution in [0.2, 0.25) is 0 Å². The third-order valence-corrected chi connectivity index (χ3v) is 11.4. The standard InChI is InChI=1S/C14H22S7/c1-9(8-20-14-12(15)18-6-7-19-14)10(2)21-13(17-5)11(3)16-4/h15H,6-8H2,1-5H3/b10-9+,13-11+. The van der Waals surface area contributed by atoms with E-state index in [0.29, 0.717) is 0 Å². The molecule has 0 fully saturated rings. The zero-order valence-electron chi connectivity index (χ0n) is 13.0. The average molecular weight is 415 g/mol. The summed E-state index contributed by atoms with van der Waals surface area (Å²) < 4.78 is 4.02. The van der Waals surface area contributed by atoms with Crippen molar-refractivity contribution in [2.24, 2.45) is 0 Å². The summed E-state index contributed by atoms with van der Waals surface area (Å²) in [4.78, 5) is 2.84. The third-order valence-electron chi connectivity index (χ3n) is 2.78. The summed E-state index contributed by atoms with van der Waals surface area (Å²) in [5.41, 5.74) is 1.47. The Balaban J connectivity index is 2.65. The minimum atomic E-state index is 1.06. The first kappa shape index (κ1) is 20.7. The molecule has 1 aliphatic heterocycles. The fraction of sp³-hybridized carbons (Fsp3) is 0.571. The highest BCUT2D eigenvalue weighted by Gasteiger charge is 2.13. The normalized spacial score (nSPS) is 18.6. The first-order valence-corrected chi connectivity index (χ1v) is 13.1. The molecule has 0 bridgehead atoms. The fourth-order valence-corrected chi connectivity index (χ4v) is 8.24. The average Bonchev–Trinajstić information content (AvgIpc) is 2.50. The highest BCUT2D eigenvalue weighted by Crippen LogP contribution is 2.44. The van der Waals surface area contributed by atoms with Gasteiger partial charge in [-0.1, -0.05) is 17.3 Å². The molecule has 0 unspecified atom stereocenters. The molecule has 0 aromatic rings. The summed E-state index contributed by atoms with van der Waals surface area (Å²) in [6, 6.07) is 0. The Labute approximate surface area is 160 Å². The van der Waals surface area contributed by atoms with Crippen molar-refractivity contribution < 1.29 is 0 Å². The Morgan fingerprint density at radius 3 is 2.29 bits per heavy atom. The maximum atomic E-state index is 4.59. The molecular weight excluding hydrogens is 393 g/mol. The van der Waals surface area contributed by atoms with Crippen molar-refractivity contribution in [2.45, 2.75) is 20.8 Å². The van der Waals surface area contributed by atoms with Crippen molar-refractivity contribution >= 4 is 83.2 Å². The fourth-order valence-electron chi connectivity index (χ4n) is 1.34. The van der Waals surface area contributed by atoms with Crippen molar-refractivity contribution in [3.05, 3.63) is 28.1 Å². The first-order valence-electron chi connectivity index (χ1n) is 6.44. The van der Waals surface area contributed by atoms with Crippen LogP contribution in [0.15, 0.2) is 28.1 Å². The molecule has 0 radical (unpaired) electrons. The van der Waals surface area contributed by atoms with Gasteiger partial charge in [-0.15, -0.1) is 71.4 Å². The number of hydrogen-bond donors (Lipinski definition) is 1. The van der Waals surface area contributed by atoms with E-state index in [1.165, 1.54) is 39.6 Å². The molecule has 0 aromatic heterocycles. The molecule has 0 spiro atoms. The van der Waals surface area contributed by atoms with Gasteiger partial charge in [-0.25, -0.2) is 0 Å². The Morgan fingerprint density at radius 1 is 1.05 bits per heavy atom. The summed E-state index contributed by atoms with van der Waals surface area (Å²) in [6.45, 7) is 6.69. The van der Waals surface area contributed by atoms with Gasteiger partial charge in [-0.05, 0) is 38.2 Å². The van der Waals surface area contributed by atoms with Crippen LogP contribution in [0.3, 0.4) is 0 Å². The van der Waals surface area contributed by atoms with E-state index in [1.54, 1.807) is 0 Å². The van der Waals surface area contributed by atoms with Crippen LogP contribution in [0.1, 0.15) is 20.8 Å². The molecule has 0 N–H and O–H groups in total. The van der Waals surface area contributed by atoms with Crippen molar-refractivity contribution in [3.8, 4) is 0 Å². The van der Waals surface area contributed by atoms with Crippen LogP contribution >= 0.6 is 83.2 Å². The molecule has 7 heteroatoms. The third kappa shape index (κ3) is 7.40. The molecule has 0 aliphatic carbocycles. The Kier molecular flexibility index (Phi) is 11.1. The monoisotopic (exact) mass is 414 g/mol. The minimum Gasteiger partial charge on any atom is -0.135 e. The SMILES string of the molecule is CS/C(C)=C(\SC)S/C(C)=C(\C)CSC1=C(S)SCCS1. The smallest absolute Gasteiger partial charge is 0.0603 e. The highest BCUT2D eigenvalue weighted by molar-refractivity contribution is 8.27. The topological polar surface area (TPSA) is 0 Å². The van der Waals surface area contributed by atoms with Gasteiger partial charge in [-0.3, -0.25) is 0 Å². The van der Waals surface area contributed by atoms with Gasteiger partial charge in [0.1, 0.15) is 0 Å². The molecular formula is C14H22S7. The minimum absolute atomic E-state index is 1.06. The lowest BCUT2D eigenvalue weighted by Crippen LogP contribution is -1.94. The van der Waals surface area contributed by atoms with E-state index in [2.05, 4.69) is 45.9 Å². The van der Waals surface area contributed by atoms with Crippen molar-refractivity contribution in [3.63, 3.8) is 0 Å². The van der Waals surface area contributed by atoms with E-state index in [4.69, 9.17) is 0 Å². The van der Waals surface area contributed by atoms with Gasteiger partial charge in [0.15, 0.2) is 0 Å². The highest BCUT2D eigenvalue weighted by atomic mass is 32.2. The largest absolute Gasteiger partial charge is 0.135 e. The Hall–Kier alpha value is 1.67. The predicted molar refractivity (Wildman–Crippen MR) is 119 cm³/mol. The van der Waals surface area contributed by atoms with Crippen LogP contribution in [0.4, 0.5) is 0 Å². The van der Waals surface area contributed by atoms with E-state index in [1.807, 2.05) is 70.6 Å². The van der Waals surface area contributed by atoms with E-state index in [9.17, 15) is 0 Å². The molecule has 0 aromatic carbocycles. The number of allylic oxidation sites excluding steroid dienone is 2. The molecule has 0 saturated heterocycles. The van der Waals surface area contributed by atoms with Gasteiger partial charge in [-0.2, -0.15) is 0 Å². The summed E-state index contributed by atoms with van der Waals surface area (Å²) in [7, 11) is 0. The maximum Gasteiger partial charge on any atom is 0.0603 e. The van der Waals surface area contributed by atoms with E-state index in [-0.39, 0.29) is 0 Å². The molecule has 0 atom stereocenters. The van der Waals surface area contributed by atoms with Crippen LogP contribution in [-0.4, -0.2) is 29.8 Å². The van der Waals surface area contributed by atoms with Gasteiger partial charge in [0.2, 0.25) is 0 Å². The Bertz CT molecular complexity index is 448. The lowest BCUT2D eigenvalue weighted by atomic mass is 10.3. The molecule has 0 saturated carbocycles. The molecule has 1 rings (SSSR count). The number of hydrogen-bond acceptors (Lipinski definition) is 7. The molecule has 21 heavy (non-hydrogen) atoms. The number of thioether (sulfide) groups is 6. The quantitative estimate of drug-likeness (QED) is 0.434. The maximum absolute atomic E-state index is 4.59. The van der Waals surface area contributed by atoms with Crippen molar-refractivity contribution in [1.82, 2.24) is 0 Å². The lowest BCUT2D eigenvalue weighted by Gasteiger charge is -2.16. The van der Waals surface area contributed by atoms with Gasteiger partial charge in [0.05, 0.1) is 12.7 Å². The lowest BCUT2D eigenvalue weighted by molar-refractivity contribution is 1.36. The predicted octanol–water partition coefficient (Wildman–Crippen LogP) is 7.20. The van der Waals surface area contributed by atoms with E-state index in [0.717, 1.165) is 5.75 Å². The summed E-state index contributed by atoms with van der Waals surface area (Å²) in [5, 5.41) is 0. The van der Waals surface area contributed by atoms with Crippen molar-refractivity contribution in [2.75, 3.05) is 29.8 Å². The zero-order valence-corrected chi connectivity index (χ0v) is 18.8. The molecule has 0 amide bonds. The summed E-state index contributed by atoms with van der Waals surface area (Å²) in [6.07, 6.45) is 4.31. The second-order valence-electron chi connectivity index (χ2n) is 4.27. The molecule has 120 valence electrons. The van der Waals surface area contributed by atoms with Gasteiger partial charge >= 0.3 is 0 Å². The van der Waals surface area contributed by atoms with Gasteiger partial charge < -0.3 is 0 Å².